The van der Waals surface area contributed by atoms with Crippen molar-refractivity contribution < 1.29 is 4.79 Å². The van der Waals surface area contributed by atoms with E-state index in [1.54, 1.807) is 19.0 Å². The van der Waals surface area contributed by atoms with Crippen LogP contribution in [0.15, 0.2) is 0 Å². The smallest absolute Gasteiger partial charge is 0.238 e. The molecule has 0 spiro atoms. The van der Waals surface area contributed by atoms with Crippen LogP contribution in [0.3, 0.4) is 0 Å². The van der Waals surface area contributed by atoms with Crippen LogP contribution in [0.2, 0.25) is 0 Å². The first-order valence-corrected chi connectivity index (χ1v) is 6.13. The van der Waals surface area contributed by atoms with Gasteiger partial charge in [0.1, 0.15) is 0 Å². The van der Waals surface area contributed by atoms with Gasteiger partial charge in [-0.05, 0) is 45.8 Å². The molecule has 2 atom stereocenters. The maximum atomic E-state index is 11.6. The van der Waals surface area contributed by atoms with Crippen molar-refractivity contribution in [3.05, 3.63) is 0 Å². The quantitative estimate of drug-likeness (QED) is 0.755. The molecule has 0 saturated carbocycles. The number of piperidine rings is 1. The van der Waals surface area contributed by atoms with Gasteiger partial charge in [-0.1, -0.05) is 0 Å². The highest BCUT2D eigenvalue weighted by molar-refractivity contribution is 5.80. The monoisotopic (exact) mass is 227 g/mol. The van der Waals surface area contributed by atoms with Crippen LogP contribution >= 0.6 is 0 Å². The molecule has 4 heteroatoms. The van der Waals surface area contributed by atoms with Gasteiger partial charge in [0.25, 0.3) is 0 Å². The van der Waals surface area contributed by atoms with Crippen LogP contribution in [0, 0.1) is 5.92 Å². The zero-order valence-electron chi connectivity index (χ0n) is 11.0. The minimum absolute atomic E-state index is 0.0674. The molecule has 0 aromatic rings. The van der Waals surface area contributed by atoms with Crippen LogP contribution in [0.25, 0.3) is 0 Å². The zero-order chi connectivity index (χ0) is 12.1. The number of amides is 1. The first-order valence-electron chi connectivity index (χ1n) is 6.13. The van der Waals surface area contributed by atoms with Gasteiger partial charge in [-0.25, -0.2) is 0 Å². The average molecular weight is 227 g/mol. The normalized spacial score (nSPS) is 24.1. The summed E-state index contributed by atoms with van der Waals surface area (Å²) in [6.07, 6.45) is 2.55. The Morgan fingerprint density at radius 1 is 1.56 bits per heavy atom. The molecule has 16 heavy (non-hydrogen) atoms. The van der Waals surface area contributed by atoms with Gasteiger partial charge >= 0.3 is 0 Å². The number of nitrogens with zero attached hydrogens (tertiary/aromatic N) is 2. The Hall–Kier alpha value is -0.610. The Bertz CT molecular complexity index is 230. The molecular formula is C12H25N3O. The van der Waals surface area contributed by atoms with Crippen LogP contribution < -0.4 is 5.32 Å². The second kappa shape index (κ2) is 6.21. The molecule has 1 aliphatic heterocycles. The fourth-order valence-electron chi connectivity index (χ4n) is 2.26. The minimum Gasteiger partial charge on any atom is -0.347 e. The summed E-state index contributed by atoms with van der Waals surface area (Å²) >= 11 is 0. The number of likely N-dealkylation sites (tertiary alicyclic amines) is 1. The van der Waals surface area contributed by atoms with Gasteiger partial charge < -0.3 is 15.1 Å². The van der Waals surface area contributed by atoms with Crippen molar-refractivity contribution >= 4 is 5.91 Å². The Morgan fingerprint density at radius 2 is 2.25 bits per heavy atom. The topological polar surface area (TPSA) is 35.6 Å². The SMILES string of the molecule is CC(NCC1CCCN(C)C1)C(=O)N(C)C. The number of nitrogens with one attached hydrogen (secondary N) is 1. The van der Waals surface area contributed by atoms with Crippen LogP contribution in [-0.4, -0.2) is 62.5 Å². The Morgan fingerprint density at radius 3 is 2.81 bits per heavy atom. The number of carbonyl (C=O) groups excluding carboxylic acids is 1. The Labute approximate surface area is 99.0 Å². The molecule has 1 fully saturated rings. The summed E-state index contributed by atoms with van der Waals surface area (Å²) in [5, 5.41) is 3.34. The van der Waals surface area contributed by atoms with Crippen LogP contribution in [0.5, 0.6) is 0 Å². The van der Waals surface area contributed by atoms with E-state index in [9.17, 15) is 4.79 Å². The number of likely N-dealkylation sites (N-methyl/N-ethyl adjacent to an activating group) is 1. The molecule has 4 nitrogen and oxygen atoms in total. The lowest BCUT2D eigenvalue weighted by molar-refractivity contribution is -0.130. The third kappa shape index (κ3) is 4.10. The summed E-state index contributed by atoms with van der Waals surface area (Å²) in [6.45, 7) is 5.25. The second-order valence-electron chi connectivity index (χ2n) is 5.13. The van der Waals surface area contributed by atoms with E-state index in [0.29, 0.717) is 5.92 Å². The summed E-state index contributed by atoms with van der Waals surface area (Å²) in [5.74, 6) is 0.848. The van der Waals surface area contributed by atoms with Gasteiger partial charge in [0, 0.05) is 20.6 Å². The van der Waals surface area contributed by atoms with Gasteiger partial charge in [0.15, 0.2) is 0 Å². The van der Waals surface area contributed by atoms with Gasteiger partial charge in [-0.2, -0.15) is 0 Å². The molecule has 1 N–H and O–H groups in total. The Kier molecular flexibility index (Phi) is 5.22. The number of hydrogen-bond acceptors (Lipinski definition) is 3. The maximum Gasteiger partial charge on any atom is 0.238 e. The molecule has 94 valence electrons. The molecule has 0 aliphatic carbocycles. The summed E-state index contributed by atoms with van der Waals surface area (Å²) in [5.41, 5.74) is 0. The molecule has 1 saturated heterocycles. The lowest BCUT2D eigenvalue weighted by Crippen LogP contribution is -2.45. The van der Waals surface area contributed by atoms with Crippen LogP contribution in [0.1, 0.15) is 19.8 Å². The van der Waals surface area contributed by atoms with Gasteiger partial charge in [-0.15, -0.1) is 0 Å². The molecule has 1 amide bonds. The molecule has 0 bridgehead atoms. The highest BCUT2D eigenvalue weighted by Gasteiger charge is 2.19. The number of carbonyl (C=O) groups is 1. The van der Waals surface area contributed by atoms with Gasteiger partial charge in [-0.3, -0.25) is 4.79 Å². The largest absolute Gasteiger partial charge is 0.347 e. The summed E-state index contributed by atoms with van der Waals surface area (Å²) in [7, 11) is 5.77. The highest BCUT2D eigenvalue weighted by Crippen LogP contribution is 2.14. The first kappa shape index (κ1) is 13.5. The summed E-state index contributed by atoms with van der Waals surface area (Å²) in [4.78, 5) is 15.6. The second-order valence-corrected chi connectivity index (χ2v) is 5.13. The van der Waals surface area contributed by atoms with Crippen molar-refractivity contribution in [3.63, 3.8) is 0 Å². The van der Waals surface area contributed by atoms with Crippen molar-refractivity contribution in [2.75, 3.05) is 40.8 Å². The van der Waals surface area contributed by atoms with Crippen molar-refractivity contribution in [3.8, 4) is 0 Å². The fraction of sp³-hybridized carbons (Fsp3) is 0.917. The van der Waals surface area contributed by atoms with Crippen LogP contribution in [-0.2, 0) is 4.79 Å². The number of rotatable bonds is 4. The highest BCUT2D eigenvalue weighted by atomic mass is 16.2. The predicted octanol–water partition coefficient (Wildman–Crippen LogP) is 0.395. The van der Waals surface area contributed by atoms with Crippen molar-refractivity contribution in [2.45, 2.75) is 25.8 Å². The fourth-order valence-corrected chi connectivity index (χ4v) is 2.26. The van der Waals surface area contributed by atoms with Crippen molar-refractivity contribution in [2.24, 2.45) is 5.92 Å². The molecule has 1 aliphatic rings. The average Bonchev–Trinajstić information content (AvgIpc) is 2.24. The molecule has 0 aromatic carbocycles. The standard InChI is InChI=1S/C12H25N3O/c1-10(12(16)14(2)3)13-8-11-6-5-7-15(4)9-11/h10-11,13H,5-9H2,1-4H3. The molecule has 0 radical (unpaired) electrons. The van der Waals surface area contributed by atoms with E-state index in [4.69, 9.17) is 0 Å². The molecular weight excluding hydrogens is 202 g/mol. The van der Waals surface area contributed by atoms with E-state index in [1.807, 2.05) is 6.92 Å². The summed E-state index contributed by atoms with van der Waals surface area (Å²) in [6, 6.07) is -0.0674. The van der Waals surface area contributed by atoms with Crippen molar-refractivity contribution in [1.82, 2.24) is 15.1 Å². The van der Waals surface area contributed by atoms with E-state index in [2.05, 4.69) is 17.3 Å². The lowest BCUT2D eigenvalue weighted by atomic mass is 9.98. The molecule has 2 unspecified atom stereocenters. The van der Waals surface area contributed by atoms with Gasteiger partial charge in [0.2, 0.25) is 5.91 Å². The third-order valence-corrected chi connectivity index (χ3v) is 3.25. The molecule has 0 aromatic heterocycles. The van der Waals surface area contributed by atoms with Crippen molar-refractivity contribution in [1.29, 1.82) is 0 Å². The lowest BCUT2D eigenvalue weighted by Gasteiger charge is -2.30. The van der Waals surface area contributed by atoms with Gasteiger partial charge in [0.05, 0.1) is 6.04 Å². The van der Waals surface area contributed by atoms with E-state index in [1.165, 1.54) is 19.4 Å². The Balaban J connectivity index is 2.25. The first-order chi connectivity index (χ1) is 7.50. The van der Waals surface area contributed by atoms with E-state index < -0.39 is 0 Å². The van der Waals surface area contributed by atoms with E-state index in [0.717, 1.165) is 13.1 Å². The summed E-state index contributed by atoms with van der Waals surface area (Å²) < 4.78 is 0. The molecule has 1 rings (SSSR count). The van der Waals surface area contributed by atoms with Crippen LogP contribution in [0.4, 0.5) is 0 Å². The maximum absolute atomic E-state index is 11.6. The number of hydrogen-bond donors (Lipinski definition) is 1. The van der Waals surface area contributed by atoms with E-state index in [-0.39, 0.29) is 11.9 Å². The third-order valence-electron chi connectivity index (χ3n) is 3.25. The minimum atomic E-state index is -0.0674. The predicted molar refractivity (Wildman–Crippen MR) is 66.4 cm³/mol. The zero-order valence-corrected chi connectivity index (χ0v) is 11.0. The van der Waals surface area contributed by atoms with E-state index >= 15 is 0 Å². The molecule has 1 heterocycles.